The maximum Gasteiger partial charge on any atom is 0.325 e. The first-order chi connectivity index (χ1) is 13.6. The van der Waals surface area contributed by atoms with Gasteiger partial charge in [-0.05, 0) is 37.3 Å². The van der Waals surface area contributed by atoms with Crippen molar-refractivity contribution in [3.63, 3.8) is 0 Å². The number of carboxylic acid groups (broad SMARTS) is 1. The molecule has 2 heterocycles. The number of nitrogens with one attached hydrogen (secondary N) is 1. The van der Waals surface area contributed by atoms with E-state index in [9.17, 15) is 9.90 Å². The molecule has 3 aromatic rings. The van der Waals surface area contributed by atoms with E-state index in [2.05, 4.69) is 14.8 Å². The lowest BCUT2D eigenvalue weighted by Crippen LogP contribution is -2.49. The molecular formula is C22H25N3O3. The third-order valence-electron chi connectivity index (χ3n) is 5.57. The molecule has 0 bridgehead atoms. The Morgan fingerprint density at radius 1 is 1.07 bits per heavy atom. The summed E-state index contributed by atoms with van der Waals surface area (Å²) in [5.41, 5.74) is 3.92. The van der Waals surface area contributed by atoms with Crippen LogP contribution in [-0.4, -0.2) is 54.2 Å². The number of aromatic nitrogens is 1. The summed E-state index contributed by atoms with van der Waals surface area (Å²) < 4.78 is 5.22. The minimum Gasteiger partial charge on any atom is -0.497 e. The summed E-state index contributed by atoms with van der Waals surface area (Å²) >= 11 is 0. The normalized spacial score (nSPS) is 16.3. The van der Waals surface area contributed by atoms with Crippen LogP contribution in [0, 0.1) is 6.92 Å². The van der Waals surface area contributed by atoms with Crippen LogP contribution in [-0.2, 0) is 4.79 Å². The Bertz CT molecular complexity index is 972. The molecule has 1 aliphatic heterocycles. The van der Waals surface area contributed by atoms with Crippen LogP contribution in [0.3, 0.4) is 0 Å². The fraction of sp³-hybridized carbons (Fsp3) is 0.318. The first-order valence-electron chi connectivity index (χ1n) is 9.51. The van der Waals surface area contributed by atoms with Crippen LogP contribution < -0.4 is 9.64 Å². The van der Waals surface area contributed by atoms with Crippen LogP contribution in [0.1, 0.15) is 17.3 Å². The monoisotopic (exact) mass is 379 g/mol. The van der Waals surface area contributed by atoms with E-state index < -0.39 is 12.0 Å². The number of piperazine rings is 1. The zero-order chi connectivity index (χ0) is 19.7. The summed E-state index contributed by atoms with van der Waals surface area (Å²) in [7, 11) is 1.66. The highest BCUT2D eigenvalue weighted by Gasteiger charge is 2.33. The van der Waals surface area contributed by atoms with Crippen molar-refractivity contribution >= 4 is 22.6 Å². The quantitative estimate of drug-likeness (QED) is 0.711. The molecule has 146 valence electrons. The van der Waals surface area contributed by atoms with Crippen molar-refractivity contribution in [2.45, 2.75) is 13.0 Å². The molecule has 2 aromatic carbocycles. The number of carboxylic acids is 1. The summed E-state index contributed by atoms with van der Waals surface area (Å²) in [5, 5.41) is 11.0. The predicted octanol–water partition coefficient (Wildman–Crippen LogP) is 3.43. The Hall–Kier alpha value is -2.99. The Kier molecular flexibility index (Phi) is 4.96. The second-order valence-electron chi connectivity index (χ2n) is 7.17. The van der Waals surface area contributed by atoms with Crippen molar-refractivity contribution in [2.24, 2.45) is 0 Å². The first kappa shape index (κ1) is 18.4. The summed E-state index contributed by atoms with van der Waals surface area (Å²) in [5.74, 6) is 0.0360. The smallest absolute Gasteiger partial charge is 0.325 e. The van der Waals surface area contributed by atoms with Crippen molar-refractivity contribution in [3.05, 3.63) is 59.8 Å². The highest BCUT2D eigenvalue weighted by molar-refractivity contribution is 5.90. The van der Waals surface area contributed by atoms with Gasteiger partial charge in [-0.2, -0.15) is 0 Å². The molecule has 28 heavy (non-hydrogen) atoms. The SMILES string of the molecule is COc1ccc(N2CCN([C@H](C(=O)O)c3c(C)[nH]c4ccccc34)CC2)cc1. The lowest BCUT2D eigenvalue weighted by Gasteiger charge is -2.39. The number of anilines is 1. The molecule has 1 fully saturated rings. The highest BCUT2D eigenvalue weighted by Crippen LogP contribution is 2.33. The fourth-order valence-electron chi connectivity index (χ4n) is 4.14. The number of H-pyrrole nitrogens is 1. The summed E-state index contributed by atoms with van der Waals surface area (Å²) in [6.07, 6.45) is 0. The van der Waals surface area contributed by atoms with Crippen molar-refractivity contribution in [1.29, 1.82) is 0 Å². The molecule has 4 rings (SSSR count). The second kappa shape index (κ2) is 7.56. The summed E-state index contributed by atoms with van der Waals surface area (Å²) in [6, 6.07) is 15.3. The van der Waals surface area contributed by atoms with Gasteiger partial charge in [-0.1, -0.05) is 18.2 Å². The van der Waals surface area contributed by atoms with E-state index in [1.807, 2.05) is 55.5 Å². The van der Waals surface area contributed by atoms with Crippen LogP contribution in [0.2, 0.25) is 0 Å². The number of aromatic amines is 1. The van der Waals surface area contributed by atoms with Crippen LogP contribution in [0.4, 0.5) is 5.69 Å². The van der Waals surface area contributed by atoms with Gasteiger partial charge in [-0.15, -0.1) is 0 Å². The molecule has 1 aromatic heterocycles. The van der Waals surface area contributed by atoms with E-state index in [4.69, 9.17) is 4.74 Å². The lowest BCUT2D eigenvalue weighted by molar-refractivity contribution is -0.143. The maximum absolute atomic E-state index is 12.2. The molecule has 1 aliphatic rings. The molecule has 6 nitrogen and oxygen atoms in total. The first-order valence-corrected chi connectivity index (χ1v) is 9.51. The summed E-state index contributed by atoms with van der Waals surface area (Å²) in [4.78, 5) is 19.9. The van der Waals surface area contributed by atoms with Crippen LogP contribution in [0.25, 0.3) is 10.9 Å². The van der Waals surface area contributed by atoms with Gasteiger partial charge in [-0.25, -0.2) is 0 Å². The molecule has 0 spiro atoms. The minimum atomic E-state index is -0.800. The van der Waals surface area contributed by atoms with Gasteiger partial charge >= 0.3 is 5.97 Å². The molecule has 0 amide bonds. The average Bonchev–Trinajstić information content (AvgIpc) is 3.04. The van der Waals surface area contributed by atoms with Crippen LogP contribution in [0.15, 0.2) is 48.5 Å². The standard InChI is InChI=1S/C22H25N3O3/c1-15-20(18-5-3-4-6-19(18)23-15)21(22(26)27)25-13-11-24(12-14-25)16-7-9-17(28-2)10-8-16/h3-10,21,23H,11-14H2,1-2H3,(H,26,27)/t21-/m0/s1. The van der Waals surface area contributed by atoms with Crippen molar-refractivity contribution in [1.82, 2.24) is 9.88 Å². The third-order valence-corrected chi connectivity index (χ3v) is 5.57. The van der Waals surface area contributed by atoms with Gasteiger partial charge in [0.05, 0.1) is 7.11 Å². The molecule has 1 saturated heterocycles. The lowest BCUT2D eigenvalue weighted by atomic mass is 10.0. The van der Waals surface area contributed by atoms with Gasteiger partial charge in [0.25, 0.3) is 0 Å². The average molecular weight is 379 g/mol. The number of carbonyl (C=O) groups is 1. The van der Waals surface area contributed by atoms with E-state index in [0.29, 0.717) is 13.1 Å². The molecule has 0 radical (unpaired) electrons. The zero-order valence-electron chi connectivity index (χ0n) is 16.2. The summed E-state index contributed by atoms with van der Waals surface area (Å²) in [6.45, 7) is 4.93. The van der Waals surface area contributed by atoms with Gasteiger partial charge in [0.1, 0.15) is 11.8 Å². The largest absolute Gasteiger partial charge is 0.497 e. The number of aliphatic carboxylic acids is 1. The van der Waals surface area contributed by atoms with Gasteiger partial charge in [-0.3, -0.25) is 9.69 Å². The molecular weight excluding hydrogens is 354 g/mol. The van der Waals surface area contributed by atoms with Crippen molar-refractivity contribution in [3.8, 4) is 5.75 Å². The number of aryl methyl sites for hydroxylation is 1. The molecule has 0 aliphatic carbocycles. The predicted molar refractivity (Wildman–Crippen MR) is 110 cm³/mol. The van der Waals surface area contributed by atoms with Crippen molar-refractivity contribution < 1.29 is 14.6 Å². The number of fused-ring (bicyclic) bond motifs is 1. The number of nitrogens with zero attached hydrogens (tertiary/aromatic N) is 2. The third kappa shape index (κ3) is 3.31. The van der Waals surface area contributed by atoms with Crippen LogP contribution >= 0.6 is 0 Å². The molecule has 0 saturated carbocycles. The Labute approximate surface area is 164 Å². The van der Waals surface area contributed by atoms with Gasteiger partial charge in [0, 0.05) is 54.0 Å². The highest BCUT2D eigenvalue weighted by atomic mass is 16.5. The zero-order valence-corrected chi connectivity index (χ0v) is 16.2. The van der Waals surface area contributed by atoms with E-state index in [0.717, 1.165) is 46.7 Å². The van der Waals surface area contributed by atoms with Crippen LogP contribution in [0.5, 0.6) is 5.75 Å². The number of rotatable bonds is 5. The topological polar surface area (TPSA) is 68.8 Å². The van der Waals surface area contributed by atoms with E-state index in [1.165, 1.54) is 0 Å². The van der Waals surface area contributed by atoms with Gasteiger partial charge in [0.15, 0.2) is 0 Å². The minimum absolute atomic E-state index is 0.644. The number of hydrogen-bond acceptors (Lipinski definition) is 4. The molecule has 1 atom stereocenters. The van der Waals surface area contributed by atoms with Gasteiger partial charge in [0.2, 0.25) is 0 Å². The number of hydrogen-bond donors (Lipinski definition) is 2. The van der Waals surface area contributed by atoms with Crippen molar-refractivity contribution in [2.75, 3.05) is 38.2 Å². The molecule has 6 heteroatoms. The number of methoxy groups -OCH3 is 1. The van der Waals surface area contributed by atoms with E-state index >= 15 is 0 Å². The molecule has 2 N–H and O–H groups in total. The second-order valence-corrected chi connectivity index (χ2v) is 7.17. The number of benzene rings is 2. The number of ether oxygens (including phenoxy) is 1. The Balaban J connectivity index is 1.55. The Morgan fingerprint density at radius 3 is 2.39 bits per heavy atom. The molecule has 0 unspecified atom stereocenters. The van der Waals surface area contributed by atoms with E-state index in [1.54, 1.807) is 7.11 Å². The number of para-hydroxylation sites is 1. The fourth-order valence-corrected chi connectivity index (χ4v) is 4.14. The Morgan fingerprint density at radius 2 is 1.75 bits per heavy atom. The van der Waals surface area contributed by atoms with E-state index in [-0.39, 0.29) is 0 Å². The van der Waals surface area contributed by atoms with Gasteiger partial charge < -0.3 is 19.7 Å². The maximum atomic E-state index is 12.2.